The summed E-state index contributed by atoms with van der Waals surface area (Å²) in [6, 6.07) is 0. The summed E-state index contributed by atoms with van der Waals surface area (Å²) in [4.78, 5) is 13.4. The molecule has 2 N–H and O–H groups in total. The maximum atomic E-state index is 11.5. The van der Waals surface area contributed by atoms with Gasteiger partial charge < -0.3 is 10.6 Å². The lowest BCUT2D eigenvalue weighted by Crippen LogP contribution is -2.34. The summed E-state index contributed by atoms with van der Waals surface area (Å²) in [5, 5.41) is 0. The topological polar surface area (TPSA) is 46.3 Å². The van der Waals surface area contributed by atoms with Gasteiger partial charge in [-0.1, -0.05) is 13.8 Å². The average molecular weight is 186 g/mol. The quantitative estimate of drug-likeness (QED) is 0.678. The molecule has 13 heavy (non-hydrogen) atoms. The van der Waals surface area contributed by atoms with Crippen LogP contribution in [0.1, 0.15) is 33.6 Å². The molecule has 0 aliphatic rings. The highest BCUT2D eigenvalue weighted by atomic mass is 16.2. The van der Waals surface area contributed by atoms with Gasteiger partial charge in [0.1, 0.15) is 0 Å². The molecule has 0 aromatic carbocycles. The highest BCUT2D eigenvalue weighted by molar-refractivity contribution is 5.76. The van der Waals surface area contributed by atoms with Crippen LogP contribution in [0.5, 0.6) is 0 Å². The molecule has 0 spiro atoms. The Morgan fingerprint density at radius 3 is 2.46 bits per heavy atom. The van der Waals surface area contributed by atoms with E-state index in [1.54, 1.807) is 0 Å². The number of hydrogen-bond acceptors (Lipinski definition) is 2. The molecule has 0 fully saturated rings. The first kappa shape index (κ1) is 12.4. The predicted molar refractivity (Wildman–Crippen MR) is 55.4 cm³/mol. The van der Waals surface area contributed by atoms with Gasteiger partial charge in [0.2, 0.25) is 5.91 Å². The van der Waals surface area contributed by atoms with Crippen LogP contribution in [0.15, 0.2) is 0 Å². The van der Waals surface area contributed by atoms with Crippen molar-refractivity contribution >= 4 is 5.91 Å². The second kappa shape index (κ2) is 6.89. The Labute approximate surface area is 81.3 Å². The molecular weight excluding hydrogens is 164 g/mol. The summed E-state index contributed by atoms with van der Waals surface area (Å²) >= 11 is 0. The van der Waals surface area contributed by atoms with Gasteiger partial charge in [-0.05, 0) is 25.8 Å². The average Bonchev–Trinajstić information content (AvgIpc) is 2.09. The van der Waals surface area contributed by atoms with Gasteiger partial charge in [-0.15, -0.1) is 0 Å². The lowest BCUT2D eigenvalue weighted by molar-refractivity contribution is -0.131. The van der Waals surface area contributed by atoms with E-state index in [0.29, 0.717) is 18.9 Å². The van der Waals surface area contributed by atoms with Gasteiger partial charge in [0.15, 0.2) is 0 Å². The van der Waals surface area contributed by atoms with Crippen LogP contribution in [0.4, 0.5) is 0 Å². The highest BCUT2D eigenvalue weighted by Crippen LogP contribution is 2.02. The van der Waals surface area contributed by atoms with E-state index < -0.39 is 0 Å². The van der Waals surface area contributed by atoms with Crippen LogP contribution < -0.4 is 5.73 Å². The van der Waals surface area contributed by atoms with Crippen LogP contribution in [0.25, 0.3) is 0 Å². The number of nitrogens with zero attached hydrogens (tertiary/aromatic N) is 1. The van der Waals surface area contributed by atoms with E-state index in [2.05, 4.69) is 13.8 Å². The maximum Gasteiger partial charge on any atom is 0.222 e. The summed E-state index contributed by atoms with van der Waals surface area (Å²) in [5.41, 5.74) is 5.35. The zero-order valence-corrected chi connectivity index (χ0v) is 9.05. The van der Waals surface area contributed by atoms with Crippen molar-refractivity contribution in [1.82, 2.24) is 4.90 Å². The smallest absolute Gasteiger partial charge is 0.222 e. The second-order valence-electron chi connectivity index (χ2n) is 3.72. The molecule has 0 bridgehead atoms. The number of nitrogens with two attached hydrogens (primary N) is 1. The van der Waals surface area contributed by atoms with Crippen molar-refractivity contribution < 1.29 is 4.79 Å². The largest absolute Gasteiger partial charge is 0.343 e. The fraction of sp³-hybridized carbons (Fsp3) is 0.900. The van der Waals surface area contributed by atoms with E-state index in [1.807, 2.05) is 11.8 Å². The number of rotatable bonds is 6. The van der Waals surface area contributed by atoms with Crippen molar-refractivity contribution in [3.63, 3.8) is 0 Å². The number of carbonyl (C=O) groups excluding carboxylic acids is 1. The monoisotopic (exact) mass is 186 g/mol. The van der Waals surface area contributed by atoms with E-state index in [-0.39, 0.29) is 5.91 Å². The Hall–Kier alpha value is -0.570. The molecule has 0 heterocycles. The molecule has 0 aromatic heterocycles. The van der Waals surface area contributed by atoms with Crippen LogP contribution in [0, 0.1) is 5.92 Å². The molecule has 0 saturated carbocycles. The van der Waals surface area contributed by atoms with Gasteiger partial charge in [-0.2, -0.15) is 0 Å². The van der Waals surface area contributed by atoms with Gasteiger partial charge in [0, 0.05) is 19.5 Å². The van der Waals surface area contributed by atoms with Crippen molar-refractivity contribution in [2.45, 2.75) is 33.6 Å². The second-order valence-corrected chi connectivity index (χ2v) is 3.72. The lowest BCUT2D eigenvalue weighted by Gasteiger charge is -2.22. The Bertz CT molecular complexity index is 146. The van der Waals surface area contributed by atoms with Gasteiger partial charge in [0.05, 0.1) is 0 Å². The molecule has 0 atom stereocenters. The van der Waals surface area contributed by atoms with Crippen LogP contribution in [0.3, 0.4) is 0 Å². The zero-order chi connectivity index (χ0) is 10.3. The Morgan fingerprint density at radius 1 is 1.46 bits per heavy atom. The maximum absolute atomic E-state index is 11.5. The van der Waals surface area contributed by atoms with Crippen molar-refractivity contribution in [3.8, 4) is 0 Å². The first-order valence-corrected chi connectivity index (χ1v) is 5.09. The van der Waals surface area contributed by atoms with Gasteiger partial charge >= 0.3 is 0 Å². The highest BCUT2D eigenvalue weighted by Gasteiger charge is 2.11. The Morgan fingerprint density at radius 2 is 2.08 bits per heavy atom. The van der Waals surface area contributed by atoms with Crippen molar-refractivity contribution in [3.05, 3.63) is 0 Å². The SMILES string of the molecule is CCN(CC(C)C)C(=O)CCCN. The molecule has 3 heteroatoms. The van der Waals surface area contributed by atoms with E-state index in [9.17, 15) is 4.79 Å². The summed E-state index contributed by atoms with van der Waals surface area (Å²) < 4.78 is 0. The minimum absolute atomic E-state index is 0.238. The van der Waals surface area contributed by atoms with E-state index in [4.69, 9.17) is 5.73 Å². The standard InChI is InChI=1S/C10H22N2O/c1-4-12(8-9(2)3)10(13)6-5-7-11/h9H,4-8,11H2,1-3H3. The lowest BCUT2D eigenvalue weighted by atomic mass is 10.2. The third-order valence-corrected chi connectivity index (χ3v) is 1.91. The third-order valence-electron chi connectivity index (χ3n) is 1.91. The van der Waals surface area contributed by atoms with Gasteiger partial charge in [-0.3, -0.25) is 4.79 Å². The third kappa shape index (κ3) is 5.64. The Kier molecular flexibility index (Phi) is 6.59. The van der Waals surface area contributed by atoms with Crippen molar-refractivity contribution in [2.75, 3.05) is 19.6 Å². The first-order chi connectivity index (χ1) is 6.11. The van der Waals surface area contributed by atoms with Crippen LogP contribution in [-0.2, 0) is 4.79 Å². The minimum atomic E-state index is 0.238. The normalized spacial score (nSPS) is 10.5. The number of carbonyl (C=O) groups is 1. The number of hydrogen-bond donors (Lipinski definition) is 1. The predicted octanol–water partition coefficient (Wildman–Crippen LogP) is 1.23. The van der Waals surface area contributed by atoms with Crippen molar-refractivity contribution in [2.24, 2.45) is 11.7 Å². The number of amides is 1. The molecule has 0 aromatic rings. The van der Waals surface area contributed by atoms with E-state index in [0.717, 1.165) is 19.5 Å². The van der Waals surface area contributed by atoms with Gasteiger partial charge in [-0.25, -0.2) is 0 Å². The van der Waals surface area contributed by atoms with Crippen LogP contribution in [0.2, 0.25) is 0 Å². The molecular formula is C10H22N2O. The summed E-state index contributed by atoms with van der Waals surface area (Å²) in [6.07, 6.45) is 1.39. The summed E-state index contributed by atoms with van der Waals surface area (Å²) in [6.45, 7) is 8.53. The van der Waals surface area contributed by atoms with Gasteiger partial charge in [0.25, 0.3) is 0 Å². The van der Waals surface area contributed by atoms with Crippen LogP contribution in [-0.4, -0.2) is 30.4 Å². The van der Waals surface area contributed by atoms with E-state index >= 15 is 0 Å². The molecule has 0 unspecified atom stereocenters. The van der Waals surface area contributed by atoms with Crippen molar-refractivity contribution in [1.29, 1.82) is 0 Å². The molecule has 0 saturated heterocycles. The fourth-order valence-corrected chi connectivity index (χ4v) is 1.26. The first-order valence-electron chi connectivity index (χ1n) is 5.09. The fourth-order valence-electron chi connectivity index (χ4n) is 1.26. The molecule has 1 amide bonds. The molecule has 78 valence electrons. The summed E-state index contributed by atoms with van der Waals surface area (Å²) in [5.74, 6) is 0.781. The van der Waals surface area contributed by atoms with Crippen LogP contribution >= 0.6 is 0 Å². The zero-order valence-electron chi connectivity index (χ0n) is 9.05. The molecule has 0 aliphatic heterocycles. The van der Waals surface area contributed by atoms with E-state index in [1.165, 1.54) is 0 Å². The molecule has 3 nitrogen and oxygen atoms in total. The molecule has 0 rings (SSSR count). The molecule has 0 aliphatic carbocycles. The Balaban J connectivity index is 3.85. The minimum Gasteiger partial charge on any atom is -0.343 e. The molecule has 0 radical (unpaired) electrons. The summed E-state index contributed by atoms with van der Waals surface area (Å²) in [7, 11) is 0.